The molecule has 0 aromatic heterocycles. The highest BCUT2D eigenvalue weighted by Gasteiger charge is 2.48. The Morgan fingerprint density at radius 3 is 1.81 bits per heavy atom. The molecule has 1 aliphatic carbocycles. The summed E-state index contributed by atoms with van der Waals surface area (Å²) in [4.78, 5) is 2.42. The number of nitrogens with two attached hydrogens (primary N) is 1. The quantitative estimate of drug-likeness (QED) is 0.537. The van der Waals surface area contributed by atoms with Crippen LogP contribution in [-0.2, 0) is 17.4 Å². The fraction of sp³-hybridized carbons (Fsp3) is 0.379. The Morgan fingerprint density at radius 1 is 0.781 bits per heavy atom. The van der Waals surface area contributed by atoms with Crippen LogP contribution in [0, 0.1) is 0 Å². The van der Waals surface area contributed by atoms with Crippen molar-refractivity contribution >= 4 is 0 Å². The van der Waals surface area contributed by atoms with Crippen molar-refractivity contribution in [3.63, 3.8) is 0 Å². The molecule has 168 valence electrons. The zero-order valence-electron chi connectivity index (χ0n) is 19.6. The van der Waals surface area contributed by atoms with Crippen LogP contribution >= 0.6 is 0 Å². The van der Waals surface area contributed by atoms with Gasteiger partial charge < -0.3 is 10.5 Å². The molecule has 0 heterocycles. The predicted molar refractivity (Wildman–Crippen MR) is 133 cm³/mol. The first-order valence-corrected chi connectivity index (χ1v) is 11.7. The highest BCUT2D eigenvalue weighted by atomic mass is 16.5. The smallest absolute Gasteiger partial charge is 0.118 e. The van der Waals surface area contributed by atoms with Crippen LogP contribution in [0.5, 0.6) is 5.75 Å². The minimum absolute atomic E-state index is 0.0323. The predicted octanol–water partition coefficient (Wildman–Crippen LogP) is 5.53. The van der Waals surface area contributed by atoms with Crippen LogP contribution in [0.25, 0.3) is 0 Å². The first-order valence-electron chi connectivity index (χ1n) is 11.7. The zero-order valence-corrected chi connectivity index (χ0v) is 19.6. The lowest BCUT2D eigenvalue weighted by Gasteiger charge is -2.52. The van der Waals surface area contributed by atoms with Gasteiger partial charge in [0.15, 0.2) is 0 Å². The van der Waals surface area contributed by atoms with Crippen LogP contribution in [0.1, 0.15) is 42.4 Å². The van der Waals surface area contributed by atoms with Gasteiger partial charge in [-0.3, -0.25) is 4.90 Å². The average molecular weight is 429 g/mol. The molecule has 3 nitrogen and oxygen atoms in total. The summed E-state index contributed by atoms with van der Waals surface area (Å²) in [5.41, 5.74) is 11.2. The van der Waals surface area contributed by atoms with Gasteiger partial charge in [0.25, 0.3) is 0 Å². The fourth-order valence-corrected chi connectivity index (χ4v) is 5.71. The van der Waals surface area contributed by atoms with E-state index in [1.807, 2.05) is 12.1 Å². The maximum atomic E-state index is 7.08. The number of benzene rings is 3. The van der Waals surface area contributed by atoms with Crippen molar-refractivity contribution in [2.75, 3.05) is 21.2 Å². The first kappa shape index (κ1) is 22.6. The summed E-state index contributed by atoms with van der Waals surface area (Å²) in [5, 5.41) is 0. The molecule has 3 heteroatoms. The van der Waals surface area contributed by atoms with Crippen molar-refractivity contribution in [2.24, 2.45) is 5.73 Å². The Bertz CT molecular complexity index is 975. The Balaban J connectivity index is 1.65. The molecule has 2 N–H and O–H groups in total. The van der Waals surface area contributed by atoms with Gasteiger partial charge in [0.1, 0.15) is 5.75 Å². The fourth-order valence-electron chi connectivity index (χ4n) is 5.71. The second kappa shape index (κ2) is 9.48. The van der Waals surface area contributed by atoms with E-state index in [4.69, 9.17) is 10.5 Å². The Morgan fingerprint density at radius 2 is 1.31 bits per heavy atom. The van der Waals surface area contributed by atoms with E-state index in [-0.39, 0.29) is 17.0 Å². The number of nitrogens with zero attached hydrogens (tertiary/aromatic N) is 1. The number of hydrogen-bond acceptors (Lipinski definition) is 3. The molecular formula is C29H36N2O. The Hall–Kier alpha value is -2.62. The third-order valence-electron chi connectivity index (χ3n) is 7.81. The molecule has 0 bridgehead atoms. The molecule has 1 aliphatic rings. The summed E-state index contributed by atoms with van der Waals surface area (Å²) in [6.45, 7) is 0. The summed E-state index contributed by atoms with van der Waals surface area (Å²) in [7, 11) is 6.15. The number of ether oxygens (including phenoxy) is 1. The Labute approximate surface area is 193 Å². The summed E-state index contributed by atoms with van der Waals surface area (Å²) < 4.78 is 5.33. The van der Waals surface area contributed by atoms with Crippen LogP contribution < -0.4 is 10.5 Å². The molecule has 3 aromatic rings. The van der Waals surface area contributed by atoms with E-state index in [9.17, 15) is 0 Å². The molecule has 0 aliphatic heterocycles. The highest BCUT2D eigenvalue weighted by Crippen LogP contribution is 2.51. The molecule has 4 rings (SSSR count). The summed E-state index contributed by atoms with van der Waals surface area (Å²) in [5.74, 6) is 0.886. The largest absolute Gasteiger partial charge is 0.497 e. The van der Waals surface area contributed by atoms with Crippen LogP contribution in [0.3, 0.4) is 0 Å². The van der Waals surface area contributed by atoms with E-state index in [1.165, 1.54) is 16.7 Å². The normalized spacial score (nSPS) is 24.3. The minimum Gasteiger partial charge on any atom is -0.497 e. The SMILES string of the molecule is COc1ccc(CC(N)C2(c3ccccc3)CCC(c3ccccc3)(N(C)C)CC2)cc1. The van der Waals surface area contributed by atoms with Gasteiger partial charge in [0, 0.05) is 17.0 Å². The molecule has 1 fully saturated rings. The van der Waals surface area contributed by atoms with E-state index in [0.29, 0.717) is 0 Å². The summed E-state index contributed by atoms with van der Waals surface area (Å²) >= 11 is 0. The van der Waals surface area contributed by atoms with Gasteiger partial charge in [-0.2, -0.15) is 0 Å². The molecule has 1 unspecified atom stereocenters. The summed E-state index contributed by atoms with van der Waals surface area (Å²) in [6, 6.07) is 30.4. The average Bonchev–Trinajstić information content (AvgIpc) is 2.85. The van der Waals surface area contributed by atoms with Crippen molar-refractivity contribution < 1.29 is 4.74 Å². The van der Waals surface area contributed by atoms with Crippen molar-refractivity contribution in [2.45, 2.75) is 49.1 Å². The van der Waals surface area contributed by atoms with Gasteiger partial charge in [0.05, 0.1) is 7.11 Å². The molecular weight excluding hydrogens is 392 g/mol. The van der Waals surface area contributed by atoms with Gasteiger partial charge in [0.2, 0.25) is 0 Å². The zero-order chi connectivity index (χ0) is 22.6. The molecule has 1 saturated carbocycles. The molecule has 32 heavy (non-hydrogen) atoms. The molecule has 0 radical (unpaired) electrons. The molecule has 1 atom stereocenters. The van der Waals surface area contributed by atoms with Gasteiger partial charge in [-0.15, -0.1) is 0 Å². The molecule has 0 spiro atoms. The lowest BCUT2D eigenvalue weighted by molar-refractivity contribution is 0.0559. The molecule has 0 saturated heterocycles. The number of rotatable bonds is 7. The van der Waals surface area contributed by atoms with E-state index < -0.39 is 0 Å². The lowest BCUT2D eigenvalue weighted by Crippen LogP contribution is -2.54. The third kappa shape index (κ3) is 4.20. The third-order valence-corrected chi connectivity index (χ3v) is 7.81. The van der Waals surface area contributed by atoms with E-state index in [1.54, 1.807) is 7.11 Å². The molecule has 3 aromatic carbocycles. The van der Waals surface area contributed by atoms with Crippen LogP contribution in [-0.4, -0.2) is 32.1 Å². The van der Waals surface area contributed by atoms with Crippen LogP contribution in [0.4, 0.5) is 0 Å². The van der Waals surface area contributed by atoms with Crippen molar-refractivity contribution in [1.82, 2.24) is 4.90 Å². The van der Waals surface area contributed by atoms with Gasteiger partial charge >= 0.3 is 0 Å². The standard InChI is InChI=1S/C29H36N2O/c1-31(2)29(25-12-8-5-9-13-25)20-18-28(19-21-29,24-10-6-4-7-11-24)27(30)22-23-14-16-26(32-3)17-15-23/h4-17,27H,18-22,30H2,1-3H3. The maximum absolute atomic E-state index is 7.08. The molecule has 0 amide bonds. The van der Waals surface area contributed by atoms with Gasteiger partial charge in [-0.1, -0.05) is 72.8 Å². The van der Waals surface area contributed by atoms with E-state index in [0.717, 1.165) is 37.9 Å². The van der Waals surface area contributed by atoms with Crippen molar-refractivity contribution in [3.8, 4) is 5.75 Å². The Kier molecular flexibility index (Phi) is 6.68. The van der Waals surface area contributed by atoms with Gasteiger partial charge in [-0.25, -0.2) is 0 Å². The lowest BCUT2D eigenvalue weighted by atomic mass is 9.58. The van der Waals surface area contributed by atoms with Crippen LogP contribution in [0.15, 0.2) is 84.9 Å². The minimum atomic E-state index is -0.0323. The van der Waals surface area contributed by atoms with Crippen molar-refractivity contribution in [3.05, 3.63) is 102 Å². The second-order valence-corrected chi connectivity index (χ2v) is 9.47. The first-order chi connectivity index (χ1) is 15.5. The number of methoxy groups -OCH3 is 1. The second-order valence-electron chi connectivity index (χ2n) is 9.47. The van der Waals surface area contributed by atoms with Crippen LogP contribution in [0.2, 0.25) is 0 Å². The van der Waals surface area contributed by atoms with Gasteiger partial charge in [-0.05, 0) is 75.0 Å². The van der Waals surface area contributed by atoms with E-state index >= 15 is 0 Å². The monoisotopic (exact) mass is 428 g/mol. The summed E-state index contributed by atoms with van der Waals surface area (Å²) in [6.07, 6.45) is 5.19. The number of hydrogen-bond donors (Lipinski definition) is 1. The van der Waals surface area contributed by atoms with Crippen molar-refractivity contribution in [1.29, 1.82) is 0 Å². The van der Waals surface area contributed by atoms with E-state index in [2.05, 4.69) is 91.8 Å². The topological polar surface area (TPSA) is 38.5 Å². The maximum Gasteiger partial charge on any atom is 0.118 e. The highest BCUT2D eigenvalue weighted by molar-refractivity contribution is 5.34.